The molecule has 0 aromatic heterocycles. The summed E-state index contributed by atoms with van der Waals surface area (Å²) in [5.74, 6) is 0.471. The highest BCUT2D eigenvalue weighted by Gasteiger charge is 2.32. The quantitative estimate of drug-likeness (QED) is 0.727. The number of nitrogens with two attached hydrogens (primary N) is 1. The summed E-state index contributed by atoms with van der Waals surface area (Å²) in [6.07, 6.45) is 0.683. The Labute approximate surface area is 175 Å². The normalized spacial score (nSPS) is 15.4. The van der Waals surface area contributed by atoms with Crippen LogP contribution in [0.25, 0.3) is 0 Å². The molecule has 1 aliphatic heterocycles. The van der Waals surface area contributed by atoms with Crippen LogP contribution in [0.4, 0.5) is 16.2 Å². The third-order valence-electron chi connectivity index (χ3n) is 4.68. The summed E-state index contributed by atoms with van der Waals surface area (Å²) in [7, 11) is 0. The molecule has 3 amide bonds. The van der Waals surface area contributed by atoms with Gasteiger partial charge in [-0.3, -0.25) is 9.69 Å². The van der Waals surface area contributed by atoms with Crippen molar-refractivity contribution in [3.8, 4) is 0 Å². The Morgan fingerprint density at radius 2 is 1.97 bits per heavy atom. The number of benzene rings is 2. The number of hydrogen-bond acceptors (Lipinski definition) is 4. The first-order valence-corrected chi connectivity index (χ1v) is 10.6. The van der Waals surface area contributed by atoms with Crippen LogP contribution in [-0.4, -0.2) is 29.4 Å². The van der Waals surface area contributed by atoms with Crippen LogP contribution in [0.15, 0.2) is 47.5 Å². The summed E-state index contributed by atoms with van der Waals surface area (Å²) in [6.45, 7) is 6.62. The molecular formula is C22H26N4O2S. The van der Waals surface area contributed by atoms with E-state index in [1.165, 1.54) is 11.8 Å². The summed E-state index contributed by atoms with van der Waals surface area (Å²) in [4.78, 5) is 30.7. The van der Waals surface area contributed by atoms with Crippen molar-refractivity contribution >= 4 is 40.2 Å². The molecule has 1 saturated heterocycles. The van der Waals surface area contributed by atoms with Gasteiger partial charge in [0, 0.05) is 12.2 Å². The van der Waals surface area contributed by atoms with Crippen molar-refractivity contribution in [3.05, 3.63) is 59.2 Å². The molecule has 29 heavy (non-hydrogen) atoms. The number of aliphatic imine (C=N–C) groups is 1. The van der Waals surface area contributed by atoms with Gasteiger partial charge in [-0.2, -0.15) is 4.99 Å². The Balaban J connectivity index is 1.72. The topological polar surface area (TPSA) is 87.8 Å². The van der Waals surface area contributed by atoms with Crippen LogP contribution in [0.1, 0.15) is 36.5 Å². The van der Waals surface area contributed by atoms with Gasteiger partial charge in [-0.25, -0.2) is 4.79 Å². The minimum atomic E-state index is -0.443. The van der Waals surface area contributed by atoms with Gasteiger partial charge in [0.05, 0.1) is 11.4 Å². The summed E-state index contributed by atoms with van der Waals surface area (Å²) in [5, 5.41) is 3.22. The lowest BCUT2D eigenvalue weighted by molar-refractivity contribution is -0.115. The van der Waals surface area contributed by atoms with E-state index in [-0.39, 0.29) is 17.6 Å². The van der Waals surface area contributed by atoms with Crippen LogP contribution in [0, 0.1) is 6.92 Å². The summed E-state index contributed by atoms with van der Waals surface area (Å²) in [6, 6.07) is 13.2. The molecule has 7 heteroatoms. The Hall–Kier alpha value is -2.80. The zero-order chi connectivity index (χ0) is 21.0. The molecule has 3 rings (SSSR count). The molecule has 0 unspecified atom stereocenters. The SMILES string of the molecule is Cc1ccc(C(C)C)c(N2C(=O)CS/C2=N\C(=O)NCCc2ccc(N)cc2)c1. The zero-order valence-corrected chi connectivity index (χ0v) is 17.8. The largest absolute Gasteiger partial charge is 0.399 e. The van der Waals surface area contributed by atoms with E-state index >= 15 is 0 Å². The van der Waals surface area contributed by atoms with E-state index in [1.54, 1.807) is 4.90 Å². The number of thioether (sulfide) groups is 1. The number of nitrogen functional groups attached to an aromatic ring is 1. The van der Waals surface area contributed by atoms with Crippen LogP contribution >= 0.6 is 11.8 Å². The minimum Gasteiger partial charge on any atom is -0.399 e. The maximum absolute atomic E-state index is 12.6. The van der Waals surface area contributed by atoms with Crippen molar-refractivity contribution in [1.82, 2.24) is 5.32 Å². The third kappa shape index (κ3) is 5.17. The molecule has 1 heterocycles. The standard InChI is InChI=1S/C22H26N4O2S/c1-14(2)18-9-4-15(3)12-19(18)26-20(27)13-29-22(26)25-21(28)24-11-10-16-5-7-17(23)8-6-16/h4-9,12,14H,10-11,13,23H2,1-3H3,(H,24,28)/b25-22-. The minimum absolute atomic E-state index is 0.0593. The first-order valence-electron chi connectivity index (χ1n) is 9.62. The van der Waals surface area contributed by atoms with Gasteiger partial charge in [-0.1, -0.05) is 49.9 Å². The molecule has 0 saturated carbocycles. The molecule has 0 atom stereocenters. The number of amides is 3. The van der Waals surface area contributed by atoms with E-state index in [9.17, 15) is 9.59 Å². The molecule has 0 bridgehead atoms. The number of amidine groups is 1. The van der Waals surface area contributed by atoms with Crippen LogP contribution < -0.4 is 16.0 Å². The second-order valence-corrected chi connectivity index (χ2v) is 8.30. The highest BCUT2D eigenvalue weighted by Crippen LogP contribution is 2.34. The summed E-state index contributed by atoms with van der Waals surface area (Å²) < 4.78 is 0. The molecule has 0 aliphatic carbocycles. The van der Waals surface area contributed by atoms with Crippen molar-refractivity contribution < 1.29 is 9.59 Å². The first kappa shape index (κ1) is 20.9. The van der Waals surface area contributed by atoms with Gasteiger partial charge in [0.1, 0.15) is 0 Å². The van der Waals surface area contributed by atoms with Gasteiger partial charge in [-0.15, -0.1) is 0 Å². The number of anilines is 2. The van der Waals surface area contributed by atoms with Crippen LogP contribution in [0.2, 0.25) is 0 Å². The van der Waals surface area contributed by atoms with Crippen molar-refractivity contribution in [2.24, 2.45) is 4.99 Å². The molecule has 0 radical (unpaired) electrons. The molecule has 152 valence electrons. The Morgan fingerprint density at radius 3 is 2.66 bits per heavy atom. The van der Waals surface area contributed by atoms with Crippen LogP contribution in [0.3, 0.4) is 0 Å². The smallest absolute Gasteiger partial charge is 0.343 e. The first-order chi connectivity index (χ1) is 13.8. The lowest BCUT2D eigenvalue weighted by atomic mass is 9.99. The lowest BCUT2D eigenvalue weighted by Crippen LogP contribution is -2.32. The van der Waals surface area contributed by atoms with E-state index in [0.717, 1.165) is 22.4 Å². The second kappa shape index (κ2) is 9.13. The number of hydrogen-bond donors (Lipinski definition) is 2. The summed E-state index contributed by atoms with van der Waals surface area (Å²) in [5.41, 5.74) is 10.4. The average Bonchev–Trinajstić information content (AvgIpc) is 3.03. The van der Waals surface area contributed by atoms with Crippen molar-refractivity contribution in [3.63, 3.8) is 0 Å². The average molecular weight is 411 g/mol. The predicted molar refractivity (Wildman–Crippen MR) is 121 cm³/mol. The monoisotopic (exact) mass is 410 g/mol. The maximum Gasteiger partial charge on any atom is 0.343 e. The Kier molecular flexibility index (Phi) is 6.59. The van der Waals surface area contributed by atoms with Gasteiger partial charge in [0.25, 0.3) is 0 Å². The number of aryl methyl sites for hydroxylation is 1. The number of urea groups is 1. The Bertz CT molecular complexity index is 938. The van der Waals surface area contributed by atoms with Crippen molar-refractivity contribution in [2.45, 2.75) is 33.1 Å². The molecule has 6 nitrogen and oxygen atoms in total. The van der Waals surface area contributed by atoms with Crippen molar-refractivity contribution in [2.75, 3.05) is 22.9 Å². The van der Waals surface area contributed by atoms with Crippen molar-refractivity contribution in [1.29, 1.82) is 0 Å². The van der Waals surface area contributed by atoms with E-state index in [4.69, 9.17) is 5.73 Å². The molecule has 1 aliphatic rings. The molecule has 2 aromatic carbocycles. The molecule has 1 fully saturated rings. The Morgan fingerprint density at radius 1 is 1.24 bits per heavy atom. The highest BCUT2D eigenvalue weighted by atomic mass is 32.2. The molecule has 0 spiro atoms. The van der Waals surface area contributed by atoms with Crippen LogP contribution in [0.5, 0.6) is 0 Å². The number of carbonyl (C=O) groups excluding carboxylic acids is 2. The molecular weight excluding hydrogens is 384 g/mol. The molecule has 3 N–H and O–H groups in total. The van der Waals surface area contributed by atoms with Gasteiger partial charge in [-0.05, 0) is 54.2 Å². The van der Waals surface area contributed by atoms with Gasteiger partial charge in [0.15, 0.2) is 5.17 Å². The van der Waals surface area contributed by atoms with Gasteiger partial charge >= 0.3 is 6.03 Å². The summed E-state index contributed by atoms with van der Waals surface area (Å²) >= 11 is 1.29. The zero-order valence-electron chi connectivity index (χ0n) is 16.9. The number of nitrogens with zero attached hydrogens (tertiary/aromatic N) is 2. The van der Waals surface area contributed by atoms with E-state index in [0.29, 0.717) is 23.8 Å². The second-order valence-electron chi connectivity index (χ2n) is 7.35. The van der Waals surface area contributed by atoms with Crippen LogP contribution in [-0.2, 0) is 11.2 Å². The fraction of sp³-hybridized carbons (Fsp3) is 0.318. The maximum atomic E-state index is 12.6. The fourth-order valence-corrected chi connectivity index (χ4v) is 4.00. The fourth-order valence-electron chi connectivity index (χ4n) is 3.14. The van der Waals surface area contributed by atoms with Gasteiger partial charge < -0.3 is 11.1 Å². The lowest BCUT2D eigenvalue weighted by Gasteiger charge is -2.22. The number of rotatable bonds is 5. The number of carbonyl (C=O) groups is 2. The van der Waals surface area contributed by atoms with E-state index in [1.807, 2.05) is 49.4 Å². The van der Waals surface area contributed by atoms with E-state index in [2.05, 4.69) is 24.2 Å². The predicted octanol–water partition coefficient (Wildman–Crippen LogP) is 4.09. The highest BCUT2D eigenvalue weighted by molar-refractivity contribution is 8.15. The van der Waals surface area contributed by atoms with E-state index < -0.39 is 6.03 Å². The molecule has 2 aromatic rings. The van der Waals surface area contributed by atoms with Gasteiger partial charge in [0.2, 0.25) is 5.91 Å². The number of nitrogens with one attached hydrogen (secondary N) is 1. The third-order valence-corrected chi connectivity index (χ3v) is 5.60.